The highest BCUT2D eigenvalue weighted by Gasteiger charge is 2.61. The van der Waals surface area contributed by atoms with Crippen LogP contribution in [0.3, 0.4) is 0 Å². The Morgan fingerprint density at radius 1 is 1.35 bits per heavy atom. The third-order valence-corrected chi connectivity index (χ3v) is 4.15. The van der Waals surface area contributed by atoms with Crippen LogP contribution in [0.15, 0.2) is 18.2 Å². The van der Waals surface area contributed by atoms with E-state index in [0.29, 0.717) is 17.6 Å². The van der Waals surface area contributed by atoms with E-state index in [4.69, 9.17) is 18.0 Å². The molecule has 5 heteroatoms. The van der Waals surface area contributed by atoms with Gasteiger partial charge in [-0.3, -0.25) is 0 Å². The van der Waals surface area contributed by atoms with E-state index in [-0.39, 0.29) is 5.41 Å². The van der Waals surface area contributed by atoms with Gasteiger partial charge in [-0.25, -0.2) is 8.78 Å². The van der Waals surface area contributed by atoms with E-state index in [1.807, 2.05) is 4.90 Å². The summed E-state index contributed by atoms with van der Waals surface area (Å²) in [6.45, 7) is 1.48. The average Bonchev–Trinajstić information content (AvgIpc) is 2.80. The highest BCUT2D eigenvalue weighted by molar-refractivity contribution is 7.80. The average molecular weight is 254 g/mol. The molecule has 1 saturated carbocycles. The summed E-state index contributed by atoms with van der Waals surface area (Å²) in [5.74, 6) is -0.618. The van der Waals surface area contributed by atoms with E-state index in [0.717, 1.165) is 24.6 Å². The number of benzene rings is 1. The van der Waals surface area contributed by atoms with Crippen molar-refractivity contribution in [2.24, 2.45) is 11.7 Å². The van der Waals surface area contributed by atoms with Crippen molar-refractivity contribution in [1.29, 1.82) is 0 Å². The highest BCUT2D eigenvalue weighted by Crippen LogP contribution is 2.59. The summed E-state index contributed by atoms with van der Waals surface area (Å²) in [5, 5.41) is 0.369. The number of nitrogens with zero attached hydrogens (tertiary/aromatic N) is 1. The first-order valence-corrected chi connectivity index (χ1v) is 5.93. The molecule has 0 amide bonds. The molecule has 0 radical (unpaired) electrons. The zero-order valence-electron chi connectivity index (χ0n) is 9.12. The summed E-state index contributed by atoms with van der Waals surface area (Å²) in [6.07, 6.45) is 0.967. The molecule has 1 aromatic rings. The second kappa shape index (κ2) is 3.38. The van der Waals surface area contributed by atoms with Gasteiger partial charge in [0.05, 0.1) is 0 Å². The number of fused-ring (bicyclic) bond motifs is 1. The minimum atomic E-state index is -0.520. The van der Waals surface area contributed by atoms with Gasteiger partial charge in [-0.05, 0) is 42.3 Å². The van der Waals surface area contributed by atoms with Gasteiger partial charge in [-0.2, -0.15) is 0 Å². The van der Waals surface area contributed by atoms with Crippen LogP contribution in [-0.4, -0.2) is 23.1 Å². The molecule has 0 spiro atoms. The zero-order valence-corrected chi connectivity index (χ0v) is 9.94. The van der Waals surface area contributed by atoms with Gasteiger partial charge in [0.25, 0.3) is 0 Å². The molecule has 1 aliphatic carbocycles. The van der Waals surface area contributed by atoms with Crippen LogP contribution in [0.5, 0.6) is 0 Å². The molecule has 2 atom stereocenters. The van der Waals surface area contributed by atoms with E-state index >= 15 is 0 Å². The molecule has 1 aliphatic heterocycles. The fraction of sp³-hybridized carbons (Fsp3) is 0.417. The van der Waals surface area contributed by atoms with E-state index in [9.17, 15) is 8.78 Å². The van der Waals surface area contributed by atoms with Gasteiger partial charge in [-0.15, -0.1) is 0 Å². The van der Waals surface area contributed by atoms with Crippen LogP contribution in [0.25, 0.3) is 0 Å². The van der Waals surface area contributed by atoms with E-state index in [1.165, 1.54) is 12.1 Å². The Labute approximate surface area is 103 Å². The van der Waals surface area contributed by atoms with Crippen LogP contribution in [0, 0.1) is 17.6 Å². The van der Waals surface area contributed by atoms with Crippen molar-refractivity contribution in [3.8, 4) is 0 Å². The van der Waals surface area contributed by atoms with Gasteiger partial charge < -0.3 is 10.6 Å². The van der Waals surface area contributed by atoms with Crippen LogP contribution < -0.4 is 5.73 Å². The predicted octanol–water partition coefficient (Wildman–Crippen LogP) is 1.78. The van der Waals surface area contributed by atoms with Crippen LogP contribution in [0.4, 0.5) is 8.78 Å². The molecular weight excluding hydrogens is 242 g/mol. The van der Waals surface area contributed by atoms with Crippen LogP contribution in [-0.2, 0) is 5.41 Å². The third kappa shape index (κ3) is 1.60. The van der Waals surface area contributed by atoms with Crippen molar-refractivity contribution in [2.45, 2.75) is 11.8 Å². The number of piperidine rings is 1. The van der Waals surface area contributed by atoms with Gasteiger partial charge in [0.2, 0.25) is 0 Å². The summed E-state index contributed by atoms with van der Waals surface area (Å²) in [7, 11) is 0. The summed E-state index contributed by atoms with van der Waals surface area (Å²) < 4.78 is 26.4. The summed E-state index contributed by atoms with van der Waals surface area (Å²) in [6, 6.07) is 3.75. The largest absolute Gasteiger partial charge is 0.376 e. The first-order chi connectivity index (χ1) is 8.01. The molecule has 2 nitrogen and oxygen atoms in total. The maximum atomic E-state index is 13.2. The Morgan fingerprint density at radius 3 is 2.53 bits per heavy atom. The molecule has 17 heavy (non-hydrogen) atoms. The predicted molar refractivity (Wildman–Crippen MR) is 64.5 cm³/mol. The Kier molecular flexibility index (Phi) is 2.17. The third-order valence-electron chi connectivity index (χ3n) is 3.89. The summed E-state index contributed by atoms with van der Waals surface area (Å²) in [5.41, 5.74) is 6.19. The number of rotatable bonds is 1. The number of hydrogen-bond acceptors (Lipinski definition) is 1. The second-order valence-electron chi connectivity index (χ2n) is 4.93. The SMILES string of the molecule is NC(=S)N1C[C@H]2C[C@@]2(c2cc(F)cc(F)c2)C1. The molecule has 1 aromatic carbocycles. The number of likely N-dealkylation sites (tertiary alicyclic amines) is 1. The summed E-state index contributed by atoms with van der Waals surface area (Å²) >= 11 is 4.94. The van der Waals surface area contributed by atoms with Crippen LogP contribution in [0.2, 0.25) is 0 Å². The number of nitrogens with two attached hydrogens (primary N) is 1. The Bertz CT molecular complexity index is 485. The van der Waals surface area contributed by atoms with Crippen molar-refractivity contribution in [3.63, 3.8) is 0 Å². The van der Waals surface area contributed by atoms with Crippen LogP contribution in [0.1, 0.15) is 12.0 Å². The molecule has 3 rings (SSSR count). The van der Waals surface area contributed by atoms with Gasteiger partial charge in [0.15, 0.2) is 5.11 Å². The van der Waals surface area contributed by atoms with Gasteiger partial charge >= 0.3 is 0 Å². The second-order valence-corrected chi connectivity index (χ2v) is 5.35. The standard InChI is InChI=1S/C12H12F2N2S/c13-9-1-7(2-10(14)3-9)12-4-8(12)5-16(6-12)11(15)17/h1-3,8H,4-6H2,(H2,15,17)/t8-,12+/m1/s1. The van der Waals surface area contributed by atoms with Crippen LogP contribution >= 0.6 is 12.2 Å². The summed E-state index contributed by atoms with van der Waals surface area (Å²) in [4.78, 5) is 1.91. The topological polar surface area (TPSA) is 29.3 Å². The first-order valence-electron chi connectivity index (χ1n) is 5.52. The van der Waals surface area contributed by atoms with Crippen molar-refractivity contribution in [3.05, 3.63) is 35.4 Å². The normalized spacial score (nSPS) is 30.2. The molecule has 2 aliphatic rings. The van der Waals surface area contributed by atoms with Gasteiger partial charge in [0, 0.05) is 24.6 Å². The number of halogens is 2. The monoisotopic (exact) mass is 254 g/mol. The number of hydrogen-bond donors (Lipinski definition) is 1. The first kappa shape index (κ1) is 10.9. The maximum Gasteiger partial charge on any atom is 0.166 e. The lowest BCUT2D eigenvalue weighted by Crippen LogP contribution is -2.36. The Balaban J connectivity index is 1.93. The fourth-order valence-electron chi connectivity index (χ4n) is 2.94. The smallest absolute Gasteiger partial charge is 0.166 e. The maximum absolute atomic E-state index is 13.2. The molecule has 0 unspecified atom stereocenters. The van der Waals surface area contributed by atoms with Crippen molar-refractivity contribution in [2.75, 3.05) is 13.1 Å². The Morgan fingerprint density at radius 2 is 2.00 bits per heavy atom. The molecule has 1 heterocycles. The lowest BCUT2D eigenvalue weighted by molar-refractivity contribution is 0.449. The van der Waals surface area contributed by atoms with Crippen molar-refractivity contribution in [1.82, 2.24) is 4.90 Å². The quantitative estimate of drug-likeness (QED) is 0.775. The fourth-order valence-corrected chi connectivity index (χ4v) is 3.08. The van der Waals surface area contributed by atoms with E-state index < -0.39 is 11.6 Å². The lowest BCUT2D eigenvalue weighted by atomic mass is 9.95. The lowest BCUT2D eigenvalue weighted by Gasteiger charge is -2.21. The molecule has 2 N–H and O–H groups in total. The zero-order chi connectivity index (χ0) is 12.2. The highest BCUT2D eigenvalue weighted by atomic mass is 32.1. The van der Waals surface area contributed by atoms with E-state index in [1.54, 1.807) is 0 Å². The van der Waals surface area contributed by atoms with Crippen molar-refractivity contribution >= 4 is 17.3 Å². The molecule has 0 aromatic heterocycles. The van der Waals surface area contributed by atoms with Gasteiger partial charge in [-0.1, -0.05) is 0 Å². The molecular formula is C12H12F2N2S. The molecule has 0 bridgehead atoms. The minimum absolute atomic E-state index is 0.133. The van der Waals surface area contributed by atoms with E-state index in [2.05, 4.69) is 0 Å². The Hall–Kier alpha value is -1.23. The van der Waals surface area contributed by atoms with Crippen molar-refractivity contribution < 1.29 is 8.78 Å². The molecule has 90 valence electrons. The molecule has 1 saturated heterocycles. The van der Waals surface area contributed by atoms with Gasteiger partial charge in [0.1, 0.15) is 11.6 Å². The number of thiocarbonyl (C=S) groups is 1. The minimum Gasteiger partial charge on any atom is -0.376 e. The molecule has 2 fully saturated rings.